The van der Waals surface area contributed by atoms with Crippen LogP contribution in [0, 0.1) is 5.41 Å². The van der Waals surface area contributed by atoms with Gasteiger partial charge in [0.1, 0.15) is 5.75 Å². The van der Waals surface area contributed by atoms with Gasteiger partial charge in [0.15, 0.2) is 0 Å². The molecule has 1 saturated carbocycles. The maximum atomic E-state index is 12.3. The molecule has 6 heteroatoms. The van der Waals surface area contributed by atoms with E-state index in [9.17, 15) is 18.0 Å². The Kier molecular flexibility index (Phi) is 2.52. The molecule has 1 heterocycles. The fourth-order valence-corrected chi connectivity index (χ4v) is 2.43. The number of rotatable bonds is 2. The molecule has 3 rings (SSSR count). The molecule has 0 radical (unpaired) electrons. The van der Waals surface area contributed by atoms with Crippen LogP contribution in [0.25, 0.3) is 0 Å². The Hall–Kier alpha value is -1.72. The summed E-state index contributed by atoms with van der Waals surface area (Å²) < 4.78 is 40.7. The van der Waals surface area contributed by atoms with Crippen molar-refractivity contribution < 1.29 is 22.7 Å². The number of alkyl halides is 3. The number of ether oxygens (including phenoxy) is 1. The van der Waals surface area contributed by atoms with Gasteiger partial charge in [0, 0.05) is 18.5 Å². The summed E-state index contributed by atoms with van der Waals surface area (Å²) >= 11 is 0. The minimum absolute atomic E-state index is 0.0321. The molecule has 1 aromatic carbocycles. The fraction of sp³-hybridized carbons (Fsp3) is 0.462. The summed E-state index contributed by atoms with van der Waals surface area (Å²) in [6.45, 7) is 1.29. The molecule has 2 fully saturated rings. The second kappa shape index (κ2) is 3.88. The summed E-state index contributed by atoms with van der Waals surface area (Å²) in [6.07, 6.45) is -2.57. The number of hydrogen-bond acceptors (Lipinski definition) is 2. The Bertz CT molecular complexity index is 515. The van der Waals surface area contributed by atoms with Crippen LogP contribution in [0.5, 0.6) is 5.75 Å². The van der Waals surface area contributed by atoms with Crippen LogP contribution in [-0.2, 0) is 0 Å². The zero-order valence-electron chi connectivity index (χ0n) is 10.0. The van der Waals surface area contributed by atoms with E-state index in [-0.39, 0.29) is 11.0 Å². The highest BCUT2D eigenvalue weighted by molar-refractivity contribution is 5.97. The van der Waals surface area contributed by atoms with Crippen molar-refractivity contribution in [3.63, 3.8) is 0 Å². The van der Waals surface area contributed by atoms with E-state index in [4.69, 9.17) is 0 Å². The lowest BCUT2D eigenvalue weighted by Crippen LogP contribution is -2.51. The number of halogens is 3. The molecular weight excluding hydrogens is 259 g/mol. The van der Waals surface area contributed by atoms with Crippen molar-refractivity contribution >= 4 is 5.91 Å². The second-order valence-corrected chi connectivity index (χ2v) is 5.21. The minimum atomic E-state index is -4.79. The normalized spacial score (nSPS) is 20.1. The highest BCUT2D eigenvalue weighted by atomic mass is 19.4. The van der Waals surface area contributed by atoms with E-state index in [0.717, 1.165) is 18.9 Å². The summed E-state index contributed by atoms with van der Waals surface area (Å²) in [6, 6.07) is 5.47. The molecule has 0 atom stereocenters. The van der Waals surface area contributed by atoms with E-state index in [1.165, 1.54) is 18.2 Å². The smallest absolute Gasteiger partial charge is 0.405 e. The van der Waals surface area contributed by atoms with Gasteiger partial charge in [-0.05, 0) is 25.0 Å². The molecule has 1 spiro atoms. The van der Waals surface area contributed by atoms with E-state index < -0.39 is 18.0 Å². The van der Waals surface area contributed by atoms with Gasteiger partial charge in [-0.2, -0.15) is 0 Å². The van der Waals surface area contributed by atoms with E-state index in [0.29, 0.717) is 13.1 Å². The number of hydrogen-bond donors (Lipinski definition) is 0. The average Bonchev–Trinajstić information content (AvgIpc) is 3.04. The Balaban J connectivity index is 1.78. The van der Waals surface area contributed by atoms with E-state index in [1.54, 1.807) is 4.90 Å². The van der Waals surface area contributed by atoms with Gasteiger partial charge in [0.25, 0.3) is 5.91 Å². The summed E-state index contributed by atoms with van der Waals surface area (Å²) in [5.41, 5.74) is 0.241. The van der Waals surface area contributed by atoms with Gasteiger partial charge >= 0.3 is 6.36 Å². The fourth-order valence-electron chi connectivity index (χ4n) is 2.43. The lowest BCUT2D eigenvalue weighted by atomic mass is 9.95. The average molecular weight is 271 g/mol. The largest absolute Gasteiger partial charge is 0.573 e. The molecule has 1 aromatic rings. The molecule has 1 amide bonds. The highest BCUT2D eigenvalue weighted by Crippen LogP contribution is 2.53. The Morgan fingerprint density at radius 3 is 2.42 bits per heavy atom. The van der Waals surface area contributed by atoms with Crippen LogP contribution >= 0.6 is 0 Å². The first kappa shape index (κ1) is 12.3. The minimum Gasteiger partial charge on any atom is -0.405 e. The molecule has 2 aliphatic rings. The number of likely N-dealkylation sites (tertiary alicyclic amines) is 1. The van der Waals surface area contributed by atoms with Crippen LogP contribution in [0.4, 0.5) is 13.2 Å². The van der Waals surface area contributed by atoms with Gasteiger partial charge in [0.05, 0.1) is 5.56 Å². The van der Waals surface area contributed by atoms with Crippen LogP contribution < -0.4 is 4.74 Å². The molecule has 0 unspecified atom stereocenters. The third kappa shape index (κ3) is 2.39. The van der Waals surface area contributed by atoms with Crippen LogP contribution in [0.15, 0.2) is 24.3 Å². The third-order valence-electron chi connectivity index (χ3n) is 3.64. The van der Waals surface area contributed by atoms with Crippen molar-refractivity contribution in [3.05, 3.63) is 29.8 Å². The van der Waals surface area contributed by atoms with Crippen LogP contribution in [0.2, 0.25) is 0 Å². The van der Waals surface area contributed by atoms with Crippen molar-refractivity contribution in [1.29, 1.82) is 0 Å². The number of para-hydroxylation sites is 1. The van der Waals surface area contributed by atoms with Crippen LogP contribution in [-0.4, -0.2) is 30.3 Å². The third-order valence-corrected chi connectivity index (χ3v) is 3.64. The first-order valence-electron chi connectivity index (χ1n) is 6.03. The van der Waals surface area contributed by atoms with E-state index >= 15 is 0 Å². The van der Waals surface area contributed by atoms with E-state index in [2.05, 4.69) is 4.74 Å². The quantitative estimate of drug-likeness (QED) is 0.827. The van der Waals surface area contributed by atoms with Crippen molar-refractivity contribution in [2.75, 3.05) is 13.1 Å². The summed E-state index contributed by atoms with van der Waals surface area (Å²) in [5.74, 6) is -0.825. The molecule has 0 aromatic heterocycles. The SMILES string of the molecule is O=C(c1ccccc1OC(F)(F)F)N1CC2(CC2)C1. The standard InChI is InChI=1S/C13H12F3NO2/c14-13(15,16)19-10-4-2-1-3-9(10)11(18)17-7-12(8-17)5-6-12/h1-4H,5-8H2. The first-order valence-corrected chi connectivity index (χ1v) is 6.03. The molecule has 3 nitrogen and oxygen atoms in total. The predicted octanol–water partition coefficient (Wildman–Crippen LogP) is 2.82. The maximum absolute atomic E-state index is 12.3. The van der Waals surface area contributed by atoms with Crippen molar-refractivity contribution in [3.8, 4) is 5.75 Å². The number of nitrogens with zero attached hydrogens (tertiary/aromatic N) is 1. The van der Waals surface area contributed by atoms with E-state index in [1.807, 2.05) is 0 Å². The Morgan fingerprint density at radius 1 is 1.21 bits per heavy atom. The van der Waals surface area contributed by atoms with Gasteiger partial charge in [-0.25, -0.2) is 0 Å². The zero-order valence-corrected chi connectivity index (χ0v) is 10.0. The molecular formula is C13H12F3NO2. The zero-order chi connectivity index (χ0) is 13.7. The predicted molar refractivity (Wildman–Crippen MR) is 60.7 cm³/mol. The first-order chi connectivity index (χ1) is 8.89. The molecule has 1 aliphatic carbocycles. The lowest BCUT2D eigenvalue weighted by molar-refractivity contribution is -0.274. The monoisotopic (exact) mass is 271 g/mol. The molecule has 0 N–H and O–H groups in total. The topological polar surface area (TPSA) is 29.5 Å². The number of carbonyl (C=O) groups excluding carboxylic acids is 1. The molecule has 0 bridgehead atoms. The maximum Gasteiger partial charge on any atom is 0.573 e. The summed E-state index contributed by atoms with van der Waals surface area (Å²) in [7, 11) is 0. The van der Waals surface area contributed by atoms with Gasteiger partial charge in [-0.1, -0.05) is 12.1 Å². The molecule has 1 saturated heterocycles. The van der Waals surface area contributed by atoms with Crippen molar-refractivity contribution in [2.45, 2.75) is 19.2 Å². The molecule has 1 aliphatic heterocycles. The summed E-state index contributed by atoms with van der Waals surface area (Å²) in [4.78, 5) is 13.7. The van der Waals surface area contributed by atoms with Gasteiger partial charge < -0.3 is 9.64 Å². The van der Waals surface area contributed by atoms with Gasteiger partial charge in [0.2, 0.25) is 0 Å². The molecule has 102 valence electrons. The second-order valence-electron chi connectivity index (χ2n) is 5.21. The summed E-state index contributed by atoms with van der Waals surface area (Å²) in [5, 5.41) is 0. The Labute approximate surface area is 108 Å². The number of amides is 1. The highest BCUT2D eigenvalue weighted by Gasteiger charge is 2.54. The number of benzene rings is 1. The van der Waals surface area contributed by atoms with Gasteiger partial charge in [-0.15, -0.1) is 13.2 Å². The number of carbonyl (C=O) groups is 1. The van der Waals surface area contributed by atoms with Crippen LogP contribution in [0.3, 0.4) is 0 Å². The van der Waals surface area contributed by atoms with Crippen molar-refractivity contribution in [2.24, 2.45) is 5.41 Å². The van der Waals surface area contributed by atoms with Gasteiger partial charge in [-0.3, -0.25) is 4.79 Å². The van der Waals surface area contributed by atoms with Crippen LogP contribution in [0.1, 0.15) is 23.2 Å². The molecule has 19 heavy (non-hydrogen) atoms. The Morgan fingerprint density at radius 2 is 1.84 bits per heavy atom. The van der Waals surface area contributed by atoms with Crippen molar-refractivity contribution in [1.82, 2.24) is 4.90 Å². The lowest BCUT2D eigenvalue weighted by Gasteiger charge is -2.40.